The lowest BCUT2D eigenvalue weighted by Gasteiger charge is -2.32. The van der Waals surface area contributed by atoms with E-state index in [2.05, 4.69) is 11.8 Å². The first kappa shape index (κ1) is 20.0. The highest BCUT2D eigenvalue weighted by molar-refractivity contribution is 6.32. The van der Waals surface area contributed by atoms with Gasteiger partial charge in [0.25, 0.3) is 0 Å². The molecule has 6 nitrogen and oxygen atoms in total. The minimum Gasteiger partial charge on any atom is -0.495 e. The molecule has 0 atom stereocenters. The van der Waals surface area contributed by atoms with Gasteiger partial charge in [-0.25, -0.2) is 4.98 Å². The number of aromatic nitrogens is 3. The Hall–Kier alpha value is -2.31. The molecule has 0 spiro atoms. The van der Waals surface area contributed by atoms with Gasteiger partial charge in [-0.15, -0.1) is 0 Å². The van der Waals surface area contributed by atoms with Crippen LogP contribution in [-0.2, 0) is 6.61 Å². The van der Waals surface area contributed by atoms with E-state index in [9.17, 15) is 5.11 Å². The third-order valence-electron chi connectivity index (χ3n) is 5.77. The first-order valence-electron chi connectivity index (χ1n) is 10.2. The van der Waals surface area contributed by atoms with Crippen molar-refractivity contribution >= 4 is 23.2 Å². The van der Waals surface area contributed by atoms with Gasteiger partial charge in [0.2, 0.25) is 5.78 Å². The van der Waals surface area contributed by atoms with Crippen LogP contribution in [0.3, 0.4) is 0 Å². The summed E-state index contributed by atoms with van der Waals surface area (Å²) in [6.45, 7) is 4.23. The number of fused-ring (bicyclic) bond motifs is 1. The van der Waals surface area contributed by atoms with Crippen molar-refractivity contribution in [1.82, 2.24) is 14.4 Å². The second kappa shape index (κ2) is 8.59. The van der Waals surface area contributed by atoms with Crippen LogP contribution in [0.25, 0.3) is 17.0 Å². The maximum atomic E-state index is 9.78. The average molecular weight is 415 g/mol. The minimum atomic E-state index is -0.123. The third-order valence-corrected chi connectivity index (χ3v) is 6.07. The lowest BCUT2D eigenvalue weighted by atomic mass is 9.92. The number of aliphatic hydroxyl groups is 1. The van der Waals surface area contributed by atoms with Gasteiger partial charge in [-0.3, -0.25) is 4.40 Å². The number of benzene rings is 1. The van der Waals surface area contributed by atoms with Crippen molar-refractivity contribution in [2.75, 3.05) is 25.1 Å². The molecule has 7 heteroatoms. The SMILES string of the molecule is CCCC1CCN(c2ccn3cc(-c4cc(Cl)c(OC)cc4CO)nc3n2)CC1. The van der Waals surface area contributed by atoms with Gasteiger partial charge >= 0.3 is 0 Å². The van der Waals surface area contributed by atoms with Gasteiger partial charge in [-0.2, -0.15) is 4.98 Å². The van der Waals surface area contributed by atoms with Crippen molar-refractivity contribution in [3.63, 3.8) is 0 Å². The van der Waals surface area contributed by atoms with Crippen molar-refractivity contribution in [1.29, 1.82) is 0 Å². The second-order valence-corrected chi connectivity index (χ2v) is 8.05. The molecule has 0 unspecified atom stereocenters. The molecule has 0 amide bonds. The zero-order valence-electron chi connectivity index (χ0n) is 16.9. The summed E-state index contributed by atoms with van der Waals surface area (Å²) in [4.78, 5) is 11.8. The summed E-state index contributed by atoms with van der Waals surface area (Å²) in [5, 5.41) is 10.3. The van der Waals surface area contributed by atoms with Crippen LogP contribution in [0.4, 0.5) is 5.82 Å². The van der Waals surface area contributed by atoms with Crippen LogP contribution in [-0.4, -0.2) is 39.7 Å². The molecule has 1 saturated heterocycles. The first-order chi connectivity index (χ1) is 14.1. The number of piperidine rings is 1. The zero-order valence-corrected chi connectivity index (χ0v) is 17.7. The van der Waals surface area contributed by atoms with Crippen LogP contribution >= 0.6 is 11.6 Å². The van der Waals surface area contributed by atoms with Crippen LogP contribution in [0.15, 0.2) is 30.6 Å². The smallest absolute Gasteiger partial charge is 0.236 e. The summed E-state index contributed by atoms with van der Waals surface area (Å²) in [5.74, 6) is 2.99. The number of anilines is 1. The van der Waals surface area contributed by atoms with Gasteiger partial charge < -0.3 is 14.7 Å². The highest BCUT2D eigenvalue weighted by Gasteiger charge is 2.20. The Bertz CT molecular complexity index is 996. The molecule has 1 N–H and O–H groups in total. The molecule has 0 aliphatic carbocycles. The molecule has 0 saturated carbocycles. The number of hydrogen-bond acceptors (Lipinski definition) is 5. The number of methoxy groups -OCH3 is 1. The highest BCUT2D eigenvalue weighted by Crippen LogP contribution is 2.34. The Balaban J connectivity index is 1.62. The van der Waals surface area contributed by atoms with Gasteiger partial charge in [0.15, 0.2) is 0 Å². The van der Waals surface area contributed by atoms with Crippen molar-refractivity contribution < 1.29 is 9.84 Å². The van der Waals surface area contributed by atoms with Crippen molar-refractivity contribution in [2.45, 2.75) is 39.2 Å². The Morgan fingerprint density at radius 1 is 1.24 bits per heavy atom. The molecule has 154 valence electrons. The van der Waals surface area contributed by atoms with Gasteiger partial charge in [0.05, 0.1) is 24.4 Å². The fourth-order valence-electron chi connectivity index (χ4n) is 4.15. The third kappa shape index (κ3) is 4.05. The number of aliphatic hydroxyl groups excluding tert-OH is 1. The summed E-state index contributed by atoms with van der Waals surface area (Å²) < 4.78 is 7.16. The number of hydrogen-bond donors (Lipinski definition) is 1. The quantitative estimate of drug-likeness (QED) is 0.640. The molecule has 2 aromatic heterocycles. The molecule has 0 radical (unpaired) electrons. The second-order valence-electron chi connectivity index (χ2n) is 7.64. The molecule has 1 aromatic carbocycles. The lowest BCUT2D eigenvalue weighted by molar-refractivity contribution is 0.281. The van der Waals surface area contributed by atoms with E-state index in [-0.39, 0.29) is 6.61 Å². The molecule has 4 rings (SSSR count). The molecule has 0 bridgehead atoms. The Labute approximate surface area is 176 Å². The Morgan fingerprint density at radius 3 is 2.72 bits per heavy atom. The highest BCUT2D eigenvalue weighted by atomic mass is 35.5. The fraction of sp³-hybridized carbons (Fsp3) is 0.455. The fourth-order valence-corrected chi connectivity index (χ4v) is 4.39. The predicted molar refractivity (Wildman–Crippen MR) is 116 cm³/mol. The topological polar surface area (TPSA) is 62.9 Å². The van der Waals surface area contributed by atoms with Gasteiger partial charge in [0, 0.05) is 31.0 Å². The lowest BCUT2D eigenvalue weighted by Crippen LogP contribution is -2.34. The summed E-state index contributed by atoms with van der Waals surface area (Å²) in [6, 6.07) is 5.58. The van der Waals surface area contributed by atoms with Crippen LogP contribution < -0.4 is 9.64 Å². The summed E-state index contributed by atoms with van der Waals surface area (Å²) >= 11 is 6.30. The van der Waals surface area contributed by atoms with Crippen molar-refractivity contribution in [2.24, 2.45) is 5.92 Å². The monoisotopic (exact) mass is 414 g/mol. The van der Waals surface area contributed by atoms with Crippen LogP contribution in [0, 0.1) is 5.92 Å². The minimum absolute atomic E-state index is 0.123. The number of nitrogens with zero attached hydrogens (tertiary/aromatic N) is 4. The number of ether oxygens (including phenoxy) is 1. The summed E-state index contributed by atoms with van der Waals surface area (Å²) in [6.07, 6.45) is 8.95. The van der Waals surface area contributed by atoms with Crippen LogP contribution in [0.5, 0.6) is 5.75 Å². The average Bonchev–Trinajstić information content (AvgIpc) is 3.17. The van der Waals surface area contributed by atoms with E-state index in [0.29, 0.717) is 22.1 Å². The van der Waals surface area contributed by atoms with Gasteiger partial charge in [-0.1, -0.05) is 31.4 Å². The standard InChI is InChI=1S/C22H27ClN4O2/c1-3-4-15-5-8-26(9-6-15)21-7-10-27-13-19(24-22(27)25-21)17-12-18(23)20(29-2)11-16(17)14-28/h7,10-13,15,28H,3-6,8-9,14H2,1-2H3. The first-order valence-corrected chi connectivity index (χ1v) is 10.6. The number of halogens is 1. The Morgan fingerprint density at radius 2 is 2.03 bits per heavy atom. The molecule has 3 heterocycles. The van der Waals surface area contributed by atoms with E-state index in [1.807, 2.05) is 22.9 Å². The van der Waals surface area contributed by atoms with E-state index in [1.165, 1.54) is 25.7 Å². The van der Waals surface area contributed by atoms with Crippen LogP contribution in [0.1, 0.15) is 38.2 Å². The maximum absolute atomic E-state index is 9.78. The van der Waals surface area contributed by atoms with Crippen molar-refractivity contribution in [3.8, 4) is 17.0 Å². The largest absolute Gasteiger partial charge is 0.495 e. The number of imidazole rings is 1. The van der Waals surface area contributed by atoms with E-state index in [1.54, 1.807) is 19.2 Å². The Kier molecular flexibility index (Phi) is 5.92. The molecular formula is C22H27ClN4O2. The van der Waals surface area contributed by atoms with Crippen LogP contribution in [0.2, 0.25) is 5.02 Å². The molecular weight excluding hydrogens is 388 g/mol. The summed E-state index contributed by atoms with van der Waals surface area (Å²) in [7, 11) is 1.56. The maximum Gasteiger partial charge on any atom is 0.236 e. The zero-order chi connectivity index (χ0) is 20.4. The molecule has 1 aliphatic rings. The predicted octanol–water partition coefficient (Wildman–Crippen LogP) is 4.57. The number of rotatable bonds is 6. The van der Waals surface area contributed by atoms with E-state index < -0.39 is 0 Å². The molecule has 3 aromatic rings. The molecule has 1 aliphatic heterocycles. The van der Waals surface area contributed by atoms with Crippen molar-refractivity contribution in [3.05, 3.63) is 41.2 Å². The van der Waals surface area contributed by atoms with Gasteiger partial charge in [-0.05, 0) is 42.5 Å². The van der Waals surface area contributed by atoms with E-state index in [0.717, 1.165) is 36.1 Å². The summed E-state index contributed by atoms with van der Waals surface area (Å²) in [5.41, 5.74) is 2.23. The van der Waals surface area contributed by atoms with Gasteiger partial charge in [0.1, 0.15) is 11.6 Å². The normalized spacial score (nSPS) is 15.2. The molecule has 29 heavy (non-hydrogen) atoms. The van der Waals surface area contributed by atoms with E-state index >= 15 is 0 Å². The van der Waals surface area contributed by atoms with E-state index in [4.69, 9.17) is 26.3 Å². The molecule has 1 fully saturated rings.